The van der Waals surface area contributed by atoms with Gasteiger partial charge in [-0.2, -0.15) is 0 Å². The molecule has 29 heavy (non-hydrogen) atoms. The number of fused-ring (bicyclic) bond motifs is 1. The Bertz CT molecular complexity index is 895. The smallest absolute Gasteiger partial charge is 1.00 e. The first-order chi connectivity index (χ1) is 13.4. The summed E-state index contributed by atoms with van der Waals surface area (Å²) in [4.78, 5) is 46.7. The van der Waals surface area contributed by atoms with Gasteiger partial charge in [0.2, 0.25) is 0 Å². The van der Waals surface area contributed by atoms with Gasteiger partial charge in [-0.1, -0.05) is 5.16 Å². The number of hydrogen-bond acceptors (Lipinski definition) is 10. The number of oxime groups is 1. The summed E-state index contributed by atoms with van der Waals surface area (Å²) in [5.74, 6) is -2.03. The van der Waals surface area contributed by atoms with E-state index in [1.165, 1.54) is 30.9 Å². The molecule has 2 atom stereocenters. The van der Waals surface area contributed by atoms with E-state index in [-0.39, 0.29) is 81.7 Å². The fourth-order valence-electron chi connectivity index (χ4n) is 2.87. The van der Waals surface area contributed by atoms with Crippen LogP contribution >= 0.6 is 23.1 Å². The van der Waals surface area contributed by atoms with Crippen molar-refractivity contribution in [3.05, 3.63) is 22.3 Å². The first-order valence-electron chi connectivity index (χ1n) is 7.91. The molecule has 3 rings (SSSR count). The van der Waals surface area contributed by atoms with E-state index in [1.807, 2.05) is 0 Å². The number of nitrogens with zero attached hydrogens (tertiary/aromatic N) is 3. The molecule has 2 aliphatic heterocycles. The van der Waals surface area contributed by atoms with Crippen molar-refractivity contribution in [3.63, 3.8) is 0 Å². The molecule has 14 heteroatoms. The summed E-state index contributed by atoms with van der Waals surface area (Å²) in [5, 5.41) is 17.0. The monoisotopic (exact) mass is 467 g/mol. The maximum Gasteiger partial charge on any atom is 1.00 e. The number of amides is 2. The average molecular weight is 468 g/mol. The van der Waals surface area contributed by atoms with Gasteiger partial charge < -0.3 is 27.2 Å². The molecule has 11 nitrogen and oxygen atoms in total. The number of nitrogens with two attached hydrogens (primary N) is 1. The van der Waals surface area contributed by atoms with Crippen molar-refractivity contribution < 1.29 is 81.9 Å². The van der Waals surface area contributed by atoms with Gasteiger partial charge in [-0.25, -0.2) is 9.78 Å². The van der Waals surface area contributed by atoms with Gasteiger partial charge in [0.25, 0.3) is 11.8 Å². The minimum atomic E-state index is -1.21. The van der Waals surface area contributed by atoms with Crippen LogP contribution in [0.2, 0.25) is 0 Å². The second-order valence-corrected chi connectivity index (χ2v) is 7.74. The Morgan fingerprint density at radius 1 is 1.52 bits per heavy atom. The molecular formula is C15H18KN5O6S2. The van der Waals surface area contributed by atoms with Crippen LogP contribution in [-0.4, -0.2) is 76.5 Å². The van der Waals surface area contributed by atoms with Crippen molar-refractivity contribution in [1.29, 1.82) is 0 Å². The minimum Gasteiger partial charge on any atom is -1.00 e. The fourth-order valence-corrected chi connectivity index (χ4v) is 4.75. The van der Waals surface area contributed by atoms with Crippen LogP contribution in [0.15, 0.2) is 21.8 Å². The molecule has 0 spiro atoms. The van der Waals surface area contributed by atoms with E-state index in [0.29, 0.717) is 11.3 Å². The summed E-state index contributed by atoms with van der Waals surface area (Å²) < 4.78 is 5.02. The normalized spacial score (nSPS) is 21.1. The standard InChI is InChI=1S/C15H17N5O6S2.K.H/c1-25-3-6-4-27-13-9(12(22)20(13)10(6)14(23)24)18-11(21)8(19-26-2)7-5-28-15(16)17-7;;/h5,9,13H,3-4H2,1-2H3,(H2,16,17)(H,18,21)(H,23,24);;/q;+1;-1/t9-,13-;;/m1../s1. The SMILES string of the molecule is COCC1=C(C(=O)O)N2C(=O)[C@@H](NC(=O)C(=NOC)c3csc(N)n3)[C@H]2SC1.[H-].[K+]. The summed E-state index contributed by atoms with van der Waals surface area (Å²) in [6.07, 6.45) is 0. The number of carboxylic acids is 1. The maximum absolute atomic E-state index is 12.6. The number of carbonyl (C=O) groups excluding carboxylic acids is 2. The van der Waals surface area contributed by atoms with E-state index in [9.17, 15) is 19.5 Å². The maximum atomic E-state index is 12.6. The summed E-state index contributed by atoms with van der Waals surface area (Å²) in [6.45, 7) is 0.109. The fraction of sp³-hybridized carbons (Fsp3) is 0.400. The van der Waals surface area contributed by atoms with Gasteiger partial charge >= 0.3 is 57.4 Å². The predicted molar refractivity (Wildman–Crippen MR) is 103 cm³/mol. The number of hydrogen-bond donors (Lipinski definition) is 3. The number of carbonyl (C=O) groups is 3. The Morgan fingerprint density at radius 3 is 2.79 bits per heavy atom. The quantitative estimate of drug-likeness (QED) is 0.161. The van der Waals surface area contributed by atoms with Gasteiger partial charge in [0.05, 0.1) is 6.61 Å². The largest absolute Gasteiger partial charge is 1.00 e. The molecular weight excluding hydrogens is 449 g/mol. The topological polar surface area (TPSA) is 156 Å². The molecule has 0 saturated carbocycles. The molecule has 1 saturated heterocycles. The number of thiazole rings is 1. The third-order valence-electron chi connectivity index (χ3n) is 4.02. The number of rotatable bonds is 7. The van der Waals surface area contributed by atoms with Gasteiger partial charge in [0, 0.05) is 18.2 Å². The van der Waals surface area contributed by atoms with Crippen molar-refractivity contribution in [2.75, 3.05) is 32.3 Å². The zero-order valence-corrected chi connectivity index (χ0v) is 20.6. The number of carboxylic acid groups (broad SMARTS) is 1. The number of nitrogens with one attached hydrogen (secondary N) is 1. The number of methoxy groups -OCH3 is 1. The molecule has 0 unspecified atom stereocenters. The number of anilines is 1. The summed E-state index contributed by atoms with van der Waals surface area (Å²) in [5.41, 5.74) is 6.09. The van der Waals surface area contributed by atoms with Crippen LogP contribution in [0, 0.1) is 0 Å². The van der Waals surface area contributed by atoms with Crippen molar-refractivity contribution in [1.82, 2.24) is 15.2 Å². The van der Waals surface area contributed by atoms with Gasteiger partial charge in [-0.15, -0.1) is 23.1 Å². The molecule has 152 valence electrons. The summed E-state index contributed by atoms with van der Waals surface area (Å²) in [6, 6.07) is -0.894. The molecule has 1 aromatic heterocycles. The number of nitrogen functional groups attached to an aromatic ring is 1. The van der Waals surface area contributed by atoms with Crippen molar-refractivity contribution in [2.24, 2.45) is 5.16 Å². The summed E-state index contributed by atoms with van der Waals surface area (Å²) >= 11 is 2.47. The predicted octanol–water partition coefficient (Wildman–Crippen LogP) is -3.42. The number of aliphatic carboxylic acids is 1. The van der Waals surface area contributed by atoms with E-state index in [4.69, 9.17) is 15.3 Å². The summed E-state index contributed by atoms with van der Waals surface area (Å²) in [7, 11) is 2.73. The van der Waals surface area contributed by atoms with E-state index >= 15 is 0 Å². The molecule has 2 aliphatic rings. The zero-order chi connectivity index (χ0) is 20.4. The van der Waals surface area contributed by atoms with Crippen molar-refractivity contribution in [2.45, 2.75) is 11.4 Å². The van der Waals surface area contributed by atoms with Gasteiger partial charge in [0.1, 0.15) is 29.9 Å². The Morgan fingerprint density at radius 2 is 2.24 bits per heavy atom. The number of thioether (sulfide) groups is 1. The molecule has 0 bridgehead atoms. The number of ether oxygens (including phenoxy) is 1. The van der Waals surface area contributed by atoms with Crippen LogP contribution in [0.3, 0.4) is 0 Å². The van der Waals surface area contributed by atoms with Crippen LogP contribution in [0.4, 0.5) is 5.13 Å². The second-order valence-electron chi connectivity index (χ2n) is 5.74. The van der Waals surface area contributed by atoms with E-state index in [2.05, 4.69) is 15.5 Å². The minimum absolute atomic E-state index is 0. The van der Waals surface area contributed by atoms with Crippen LogP contribution in [0.1, 0.15) is 7.12 Å². The number of aromatic nitrogens is 1. The van der Waals surface area contributed by atoms with Crippen molar-refractivity contribution in [3.8, 4) is 0 Å². The zero-order valence-electron chi connectivity index (χ0n) is 16.9. The Hall–Kier alpha value is -1.00. The average Bonchev–Trinajstić information content (AvgIpc) is 3.09. The van der Waals surface area contributed by atoms with Crippen LogP contribution in [0.5, 0.6) is 0 Å². The first kappa shape index (κ1) is 24.3. The molecule has 0 aliphatic carbocycles. The Kier molecular flexibility index (Phi) is 8.66. The van der Waals surface area contributed by atoms with E-state index < -0.39 is 29.2 Å². The Labute approximate surface area is 218 Å². The van der Waals surface area contributed by atoms with E-state index in [0.717, 1.165) is 11.3 Å². The first-order valence-corrected chi connectivity index (χ1v) is 9.84. The third kappa shape index (κ3) is 4.85. The molecule has 2 amide bonds. The van der Waals surface area contributed by atoms with Crippen LogP contribution in [-0.2, 0) is 24.0 Å². The second kappa shape index (κ2) is 10.3. The Balaban J connectivity index is 0.00000225. The van der Waals surface area contributed by atoms with Gasteiger partial charge in [-0.3, -0.25) is 14.5 Å². The molecule has 1 aromatic rings. The van der Waals surface area contributed by atoms with Gasteiger partial charge in [0.15, 0.2) is 10.8 Å². The van der Waals surface area contributed by atoms with Gasteiger partial charge in [-0.05, 0) is 5.57 Å². The third-order valence-corrected chi connectivity index (χ3v) is 6.03. The van der Waals surface area contributed by atoms with Crippen LogP contribution < -0.4 is 62.4 Å². The van der Waals surface area contributed by atoms with Crippen LogP contribution in [0.25, 0.3) is 0 Å². The van der Waals surface area contributed by atoms with E-state index in [1.54, 1.807) is 5.38 Å². The molecule has 3 heterocycles. The van der Waals surface area contributed by atoms with Crippen molar-refractivity contribution >= 4 is 51.7 Å². The molecule has 1 fully saturated rings. The molecule has 4 N–H and O–H groups in total. The molecule has 0 radical (unpaired) electrons. The molecule has 0 aromatic carbocycles. The number of β-lactam (4-membered cyclic amide) rings is 1.